The van der Waals surface area contributed by atoms with Gasteiger partial charge in [-0.15, -0.1) is 6.58 Å². The Bertz CT molecular complexity index is 727. The second-order valence-corrected chi connectivity index (χ2v) is 6.21. The highest BCUT2D eigenvalue weighted by atomic mass is 19.4. The zero-order valence-corrected chi connectivity index (χ0v) is 13.7. The molecule has 1 fully saturated rings. The van der Waals surface area contributed by atoms with Crippen LogP contribution in [-0.2, 0) is 19.3 Å². The van der Waals surface area contributed by atoms with Gasteiger partial charge in [-0.2, -0.15) is 13.2 Å². The number of piperazine rings is 1. The van der Waals surface area contributed by atoms with Crippen LogP contribution >= 0.6 is 0 Å². The number of fused-ring (bicyclic) bond motifs is 1. The van der Waals surface area contributed by atoms with E-state index in [-0.39, 0.29) is 0 Å². The Labute approximate surface area is 139 Å². The van der Waals surface area contributed by atoms with E-state index >= 15 is 0 Å². The Morgan fingerprint density at radius 2 is 1.92 bits per heavy atom. The normalized spacial score (nSPS) is 17.5. The van der Waals surface area contributed by atoms with Gasteiger partial charge < -0.3 is 9.47 Å². The first-order valence-electron chi connectivity index (χ1n) is 7.96. The molecule has 24 heavy (non-hydrogen) atoms. The van der Waals surface area contributed by atoms with Gasteiger partial charge in [0.15, 0.2) is 0 Å². The molecule has 0 amide bonds. The van der Waals surface area contributed by atoms with E-state index in [1.807, 2.05) is 4.57 Å². The number of allylic oxidation sites excluding steroid dienone is 1. The van der Waals surface area contributed by atoms with Crippen molar-refractivity contribution in [2.45, 2.75) is 19.3 Å². The maximum Gasteiger partial charge on any atom is 0.416 e. The van der Waals surface area contributed by atoms with Crippen LogP contribution in [0.2, 0.25) is 0 Å². The van der Waals surface area contributed by atoms with Gasteiger partial charge in [0.1, 0.15) is 5.82 Å². The number of hydrogen-bond donors (Lipinski definition) is 0. The standard InChI is InChI=1S/C17H21F3N4/c1-3-6-24-15-5-4-13(17(18,19)20)11-14(15)21-16(24)12-23-9-7-22(2)8-10-23/h3-5,11H,1,6-10,12H2,2H3. The molecule has 2 aromatic rings. The molecule has 4 nitrogen and oxygen atoms in total. The molecule has 1 aromatic heterocycles. The summed E-state index contributed by atoms with van der Waals surface area (Å²) in [6.45, 7) is 8.75. The van der Waals surface area contributed by atoms with Crippen molar-refractivity contribution in [2.24, 2.45) is 0 Å². The summed E-state index contributed by atoms with van der Waals surface area (Å²) in [6, 6.07) is 3.74. The fourth-order valence-electron chi connectivity index (χ4n) is 3.02. The molecule has 0 saturated carbocycles. The van der Waals surface area contributed by atoms with Crippen molar-refractivity contribution in [3.05, 3.63) is 42.2 Å². The summed E-state index contributed by atoms with van der Waals surface area (Å²) in [5.74, 6) is 0.786. The molecule has 1 aliphatic rings. The monoisotopic (exact) mass is 338 g/mol. The van der Waals surface area contributed by atoms with Gasteiger partial charge in [0.25, 0.3) is 0 Å². The van der Waals surface area contributed by atoms with Gasteiger partial charge >= 0.3 is 6.18 Å². The maximum absolute atomic E-state index is 12.9. The molecule has 0 spiro atoms. The van der Waals surface area contributed by atoms with Crippen LogP contribution in [0.15, 0.2) is 30.9 Å². The second kappa shape index (κ2) is 6.57. The van der Waals surface area contributed by atoms with Crippen LogP contribution < -0.4 is 0 Å². The van der Waals surface area contributed by atoms with Crippen LogP contribution in [0.1, 0.15) is 11.4 Å². The highest BCUT2D eigenvalue weighted by Crippen LogP contribution is 2.31. The summed E-state index contributed by atoms with van der Waals surface area (Å²) >= 11 is 0. The molecule has 1 aromatic carbocycles. The Morgan fingerprint density at radius 3 is 2.54 bits per heavy atom. The molecule has 1 aliphatic heterocycles. The molecule has 7 heteroatoms. The van der Waals surface area contributed by atoms with Gasteiger partial charge in [-0.25, -0.2) is 4.98 Å². The van der Waals surface area contributed by atoms with E-state index in [2.05, 4.69) is 28.4 Å². The van der Waals surface area contributed by atoms with Crippen molar-refractivity contribution in [1.82, 2.24) is 19.4 Å². The number of nitrogens with zero attached hydrogens (tertiary/aromatic N) is 4. The number of halogens is 3. The summed E-state index contributed by atoms with van der Waals surface area (Å²) in [6.07, 6.45) is -2.61. The predicted molar refractivity (Wildman–Crippen MR) is 87.7 cm³/mol. The highest BCUT2D eigenvalue weighted by molar-refractivity contribution is 5.77. The number of imidazole rings is 1. The largest absolute Gasteiger partial charge is 0.416 e. The number of rotatable bonds is 4. The molecule has 130 valence electrons. The molecule has 0 atom stereocenters. The zero-order chi connectivity index (χ0) is 17.3. The number of aromatic nitrogens is 2. The summed E-state index contributed by atoms with van der Waals surface area (Å²) in [5.41, 5.74) is 0.437. The first-order chi connectivity index (χ1) is 11.4. The minimum Gasteiger partial charge on any atom is -0.323 e. The SMILES string of the molecule is C=CCn1c(CN2CCN(C)CC2)nc2cc(C(F)(F)F)ccc21. The van der Waals surface area contributed by atoms with Gasteiger partial charge in [0, 0.05) is 32.7 Å². The summed E-state index contributed by atoms with van der Waals surface area (Å²) in [5, 5.41) is 0. The number of hydrogen-bond acceptors (Lipinski definition) is 3. The van der Waals surface area contributed by atoms with Gasteiger partial charge in [-0.1, -0.05) is 6.08 Å². The van der Waals surface area contributed by atoms with Crippen LogP contribution in [-0.4, -0.2) is 52.6 Å². The molecule has 0 unspecified atom stereocenters. The molecule has 0 N–H and O–H groups in total. The van der Waals surface area contributed by atoms with Crippen molar-refractivity contribution >= 4 is 11.0 Å². The number of alkyl halides is 3. The molecule has 0 bridgehead atoms. The molecule has 0 radical (unpaired) electrons. The topological polar surface area (TPSA) is 24.3 Å². The zero-order valence-electron chi connectivity index (χ0n) is 13.7. The minimum absolute atomic E-state index is 0.385. The average Bonchev–Trinajstić information content (AvgIpc) is 2.86. The fraction of sp³-hybridized carbons (Fsp3) is 0.471. The minimum atomic E-state index is -4.35. The lowest BCUT2D eigenvalue weighted by Crippen LogP contribution is -2.44. The highest BCUT2D eigenvalue weighted by Gasteiger charge is 2.31. The van der Waals surface area contributed by atoms with Crippen LogP contribution in [0, 0.1) is 0 Å². The third kappa shape index (κ3) is 3.47. The summed E-state index contributed by atoms with van der Waals surface area (Å²) < 4.78 is 40.7. The second-order valence-electron chi connectivity index (χ2n) is 6.21. The predicted octanol–water partition coefficient (Wildman–Crippen LogP) is 2.99. The van der Waals surface area contributed by atoms with Gasteiger partial charge in [0.2, 0.25) is 0 Å². The quantitative estimate of drug-likeness (QED) is 0.801. The van der Waals surface area contributed by atoms with Gasteiger partial charge in [-0.3, -0.25) is 4.90 Å². The summed E-state index contributed by atoms with van der Waals surface area (Å²) in [7, 11) is 2.09. The molecule has 0 aliphatic carbocycles. The first kappa shape index (κ1) is 17.0. The van der Waals surface area contributed by atoms with Crippen LogP contribution in [0.5, 0.6) is 0 Å². The van der Waals surface area contributed by atoms with Crippen LogP contribution in [0.3, 0.4) is 0 Å². The smallest absolute Gasteiger partial charge is 0.323 e. The Kier molecular flexibility index (Phi) is 4.64. The van der Waals surface area contributed by atoms with E-state index in [1.165, 1.54) is 6.07 Å². The lowest BCUT2D eigenvalue weighted by molar-refractivity contribution is -0.137. The van der Waals surface area contributed by atoms with Crippen LogP contribution in [0.4, 0.5) is 13.2 Å². The molecule has 3 rings (SSSR count). The Balaban J connectivity index is 1.93. The Morgan fingerprint density at radius 1 is 1.21 bits per heavy atom. The number of benzene rings is 1. The maximum atomic E-state index is 12.9. The lowest BCUT2D eigenvalue weighted by atomic mass is 10.2. The van der Waals surface area contributed by atoms with Crippen molar-refractivity contribution in [3.63, 3.8) is 0 Å². The molecular formula is C17H21F3N4. The molecule has 1 saturated heterocycles. The third-order valence-electron chi connectivity index (χ3n) is 4.43. The molecular weight excluding hydrogens is 317 g/mol. The van der Waals surface area contributed by atoms with Crippen molar-refractivity contribution < 1.29 is 13.2 Å². The molecule has 2 heterocycles. The van der Waals surface area contributed by atoms with E-state index in [4.69, 9.17) is 0 Å². The van der Waals surface area contributed by atoms with Crippen molar-refractivity contribution in [1.29, 1.82) is 0 Å². The summed E-state index contributed by atoms with van der Waals surface area (Å²) in [4.78, 5) is 9.02. The number of likely N-dealkylation sites (N-methyl/N-ethyl adjacent to an activating group) is 1. The van der Waals surface area contributed by atoms with E-state index in [1.54, 1.807) is 6.08 Å². The Hall–Kier alpha value is -1.86. The van der Waals surface area contributed by atoms with E-state index in [0.29, 0.717) is 24.1 Å². The van der Waals surface area contributed by atoms with E-state index in [0.717, 1.165) is 44.1 Å². The third-order valence-corrected chi connectivity index (χ3v) is 4.43. The van der Waals surface area contributed by atoms with Crippen molar-refractivity contribution in [3.8, 4) is 0 Å². The van der Waals surface area contributed by atoms with Gasteiger partial charge in [-0.05, 0) is 25.2 Å². The van der Waals surface area contributed by atoms with Crippen molar-refractivity contribution in [2.75, 3.05) is 33.2 Å². The first-order valence-corrected chi connectivity index (χ1v) is 7.96. The van der Waals surface area contributed by atoms with E-state index < -0.39 is 11.7 Å². The lowest BCUT2D eigenvalue weighted by Gasteiger charge is -2.32. The van der Waals surface area contributed by atoms with Crippen LogP contribution in [0.25, 0.3) is 11.0 Å². The van der Waals surface area contributed by atoms with E-state index in [9.17, 15) is 13.2 Å². The fourth-order valence-corrected chi connectivity index (χ4v) is 3.02. The average molecular weight is 338 g/mol. The van der Waals surface area contributed by atoms with Gasteiger partial charge in [0.05, 0.1) is 23.1 Å².